The molecule has 3 rings (SSSR count). The van der Waals surface area contributed by atoms with Gasteiger partial charge in [-0.2, -0.15) is 0 Å². The number of fused-ring (bicyclic) bond motifs is 1. The maximum absolute atomic E-state index is 10.9. The van der Waals surface area contributed by atoms with E-state index in [1.165, 1.54) is 10.9 Å². The Morgan fingerprint density at radius 3 is 2.89 bits per heavy atom. The summed E-state index contributed by atoms with van der Waals surface area (Å²) in [6.45, 7) is 0. The number of hydrogen-bond acceptors (Lipinski definition) is 3. The van der Waals surface area contributed by atoms with Gasteiger partial charge in [-0.05, 0) is 17.5 Å². The topological polar surface area (TPSA) is 50.2 Å². The molecule has 0 spiro atoms. The Bertz CT molecular complexity index is 733. The highest BCUT2D eigenvalue weighted by Gasteiger charge is 2.09. The Balaban J connectivity index is 2.20. The van der Waals surface area contributed by atoms with Gasteiger partial charge in [0.2, 0.25) is 0 Å². The van der Waals surface area contributed by atoms with Crippen molar-refractivity contribution >= 4 is 27.4 Å². The van der Waals surface area contributed by atoms with E-state index in [1.54, 1.807) is 23.6 Å². The van der Waals surface area contributed by atoms with Crippen molar-refractivity contribution in [2.75, 3.05) is 0 Å². The molecule has 0 bridgehead atoms. The summed E-state index contributed by atoms with van der Waals surface area (Å²) < 4.78 is 1.19. The first-order chi connectivity index (χ1) is 8.75. The van der Waals surface area contributed by atoms with E-state index in [9.17, 15) is 4.79 Å². The zero-order chi connectivity index (χ0) is 12.5. The van der Waals surface area contributed by atoms with Crippen molar-refractivity contribution in [1.29, 1.82) is 0 Å². The maximum atomic E-state index is 10.9. The number of pyridine rings is 1. The number of aromatic nitrogens is 1. The molecule has 0 aliphatic heterocycles. The molecule has 3 nitrogen and oxygen atoms in total. The zero-order valence-electron chi connectivity index (χ0n) is 9.33. The van der Waals surface area contributed by atoms with Crippen molar-refractivity contribution in [3.8, 4) is 11.1 Å². The first kappa shape index (κ1) is 10.9. The van der Waals surface area contributed by atoms with E-state index in [-0.39, 0.29) is 5.56 Å². The monoisotopic (exact) mass is 255 g/mol. The average Bonchev–Trinajstić information content (AvgIpc) is 2.82. The largest absolute Gasteiger partial charge is 0.478 e. The molecule has 1 N–H and O–H groups in total. The van der Waals surface area contributed by atoms with Crippen molar-refractivity contribution in [3.05, 3.63) is 53.7 Å². The molecule has 0 atom stereocenters. The average molecular weight is 255 g/mol. The molecule has 0 saturated heterocycles. The van der Waals surface area contributed by atoms with E-state index in [2.05, 4.69) is 11.1 Å². The maximum Gasteiger partial charge on any atom is 0.337 e. The fourth-order valence-electron chi connectivity index (χ4n) is 1.91. The van der Waals surface area contributed by atoms with Crippen LogP contribution in [0.4, 0.5) is 0 Å². The number of thiophene rings is 1. The lowest BCUT2D eigenvalue weighted by molar-refractivity contribution is 0.0696. The molecule has 0 radical (unpaired) electrons. The summed E-state index contributed by atoms with van der Waals surface area (Å²) in [5.74, 6) is -0.955. The molecular weight excluding hydrogens is 246 g/mol. The van der Waals surface area contributed by atoms with E-state index < -0.39 is 5.97 Å². The molecule has 88 valence electrons. The second-order valence-electron chi connectivity index (χ2n) is 3.91. The van der Waals surface area contributed by atoms with Crippen LogP contribution in [-0.2, 0) is 0 Å². The van der Waals surface area contributed by atoms with Gasteiger partial charge in [-0.25, -0.2) is 4.79 Å². The van der Waals surface area contributed by atoms with Gasteiger partial charge in [0, 0.05) is 33.6 Å². The lowest BCUT2D eigenvalue weighted by Crippen LogP contribution is -1.97. The summed E-state index contributed by atoms with van der Waals surface area (Å²) in [7, 11) is 0. The summed E-state index contributed by atoms with van der Waals surface area (Å²) in [5.41, 5.74) is 2.08. The number of nitrogens with zero attached hydrogens (tertiary/aromatic N) is 1. The van der Waals surface area contributed by atoms with Crippen molar-refractivity contribution in [2.24, 2.45) is 0 Å². The van der Waals surface area contributed by atoms with Gasteiger partial charge in [-0.1, -0.05) is 18.2 Å². The third kappa shape index (κ3) is 1.76. The molecule has 0 unspecified atom stereocenters. The van der Waals surface area contributed by atoms with Crippen molar-refractivity contribution in [1.82, 2.24) is 4.98 Å². The van der Waals surface area contributed by atoms with Gasteiger partial charge < -0.3 is 5.11 Å². The van der Waals surface area contributed by atoms with Gasteiger partial charge in [-0.15, -0.1) is 11.3 Å². The number of carbonyl (C=O) groups is 1. The standard InChI is InChI=1S/C14H9NO2S/c16-14(17)10-5-9(6-15-7-10)12-8-18-13-4-2-1-3-11(12)13/h1-8H,(H,16,17). The molecule has 4 heteroatoms. The van der Waals surface area contributed by atoms with Gasteiger partial charge in [0.1, 0.15) is 0 Å². The van der Waals surface area contributed by atoms with Crippen LogP contribution >= 0.6 is 11.3 Å². The van der Waals surface area contributed by atoms with Gasteiger partial charge in [0.25, 0.3) is 0 Å². The molecule has 3 aromatic rings. The second-order valence-corrected chi connectivity index (χ2v) is 4.82. The normalized spacial score (nSPS) is 10.7. The lowest BCUT2D eigenvalue weighted by atomic mass is 10.1. The van der Waals surface area contributed by atoms with Crippen LogP contribution in [0.5, 0.6) is 0 Å². The molecule has 0 aliphatic carbocycles. The van der Waals surface area contributed by atoms with Crippen molar-refractivity contribution in [3.63, 3.8) is 0 Å². The first-order valence-electron chi connectivity index (χ1n) is 5.40. The van der Waals surface area contributed by atoms with Crippen LogP contribution in [0.2, 0.25) is 0 Å². The van der Waals surface area contributed by atoms with Crippen LogP contribution in [0.25, 0.3) is 21.2 Å². The molecular formula is C14H9NO2S. The molecule has 1 aromatic carbocycles. The Labute approximate surface area is 107 Å². The molecule has 0 aliphatic rings. The number of hydrogen-bond donors (Lipinski definition) is 1. The van der Waals surface area contributed by atoms with Crippen molar-refractivity contribution < 1.29 is 9.90 Å². The Kier molecular flexibility index (Phi) is 2.57. The minimum Gasteiger partial charge on any atom is -0.478 e. The molecule has 18 heavy (non-hydrogen) atoms. The Hall–Kier alpha value is -2.20. The van der Waals surface area contributed by atoms with Gasteiger partial charge in [-0.3, -0.25) is 4.98 Å². The summed E-state index contributed by atoms with van der Waals surface area (Å²) in [6, 6.07) is 9.72. The summed E-state index contributed by atoms with van der Waals surface area (Å²) in [4.78, 5) is 14.9. The predicted octanol–water partition coefficient (Wildman–Crippen LogP) is 3.66. The van der Waals surface area contributed by atoms with E-state index >= 15 is 0 Å². The zero-order valence-corrected chi connectivity index (χ0v) is 10.1. The SMILES string of the molecule is O=C(O)c1cncc(-c2csc3ccccc23)c1. The quantitative estimate of drug-likeness (QED) is 0.760. The number of aromatic carboxylic acids is 1. The van der Waals surface area contributed by atoms with Gasteiger partial charge >= 0.3 is 5.97 Å². The first-order valence-corrected chi connectivity index (χ1v) is 6.28. The number of carboxylic acids is 1. The third-order valence-corrected chi connectivity index (χ3v) is 3.74. The highest BCUT2D eigenvalue weighted by Crippen LogP contribution is 2.33. The summed E-state index contributed by atoms with van der Waals surface area (Å²) >= 11 is 1.65. The van der Waals surface area contributed by atoms with Crippen LogP contribution in [0.1, 0.15) is 10.4 Å². The molecule has 0 amide bonds. The molecule has 2 heterocycles. The van der Waals surface area contributed by atoms with Crippen LogP contribution < -0.4 is 0 Å². The minimum absolute atomic E-state index is 0.211. The smallest absolute Gasteiger partial charge is 0.337 e. The highest BCUT2D eigenvalue weighted by atomic mass is 32.1. The van der Waals surface area contributed by atoms with E-state index in [4.69, 9.17) is 5.11 Å². The van der Waals surface area contributed by atoms with Crippen LogP contribution in [0, 0.1) is 0 Å². The second kappa shape index (κ2) is 4.23. The number of benzene rings is 1. The van der Waals surface area contributed by atoms with Crippen LogP contribution in [-0.4, -0.2) is 16.1 Å². The van der Waals surface area contributed by atoms with E-state index in [1.807, 2.05) is 23.6 Å². The molecule has 2 aromatic heterocycles. The Morgan fingerprint density at radius 2 is 2.06 bits per heavy atom. The number of rotatable bonds is 2. The van der Waals surface area contributed by atoms with Crippen LogP contribution in [0.3, 0.4) is 0 Å². The fourth-order valence-corrected chi connectivity index (χ4v) is 2.88. The fraction of sp³-hybridized carbons (Fsp3) is 0. The predicted molar refractivity (Wildman–Crippen MR) is 72.0 cm³/mol. The minimum atomic E-state index is -0.955. The van der Waals surface area contributed by atoms with Crippen LogP contribution in [0.15, 0.2) is 48.1 Å². The summed E-state index contributed by atoms with van der Waals surface area (Å²) in [5, 5.41) is 12.1. The lowest BCUT2D eigenvalue weighted by Gasteiger charge is -2.00. The number of carboxylic acid groups (broad SMARTS) is 1. The van der Waals surface area contributed by atoms with Crippen molar-refractivity contribution in [2.45, 2.75) is 0 Å². The molecule has 0 saturated carbocycles. The third-order valence-electron chi connectivity index (χ3n) is 2.78. The van der Waals surface area contributed by atoms with Gasteiger partial charge in [0.05, 0.1) is 5.56 Å². The van der Waals surface area contributed by atoms with E-state index in [0.29, 0.717) is 0 Å². The van der Waals surface area contributed by atoms with E-state index in [0.717, 1.165) is 16.5 Å². The highest BCUT2D eigenvalue weighted by molar-refractivity contribution is 7.17. The molecule has 0 fully saturated rings. The summed E-state index contributed by atoms with van der Waals surface area (Å²) in [6.07, 6.45) is 3.06. The Morgan fingerprint density at radius 1 is 1.22 bits per heavy atom. The van der Waals surface area contributed by atoms with Gasteiger partial charge in [0.15, 0.2) is 0 Å².